The Morgan fingerprint density at radius 2 is 1.96 bits per heavy atom. The largest absolute Gasteiger partial charge is 0.316 e. The predicted octanol–water partition coefficient (Wildman–Crippen LogP) is 2.98. The number of rotatable bonds is 4. The number of nitrogens with zero attached hydrogens (tertiary/aromatic N) is 2. The lowest BCUT2D eigenvalue weighted by molar-refractivity contribution is -0.919. The fourth-order valence-corrected chi connectivity index (χ4v) is 6.03. The normalized spacial score (nSPS) is 21.4. The van der Waals surface area contributed by atoms with E-state index < -0.39 is 0 Å². The molecule has 2 atom stereocenters. The standard InChI is InChI=1S/C22H21N3OS2/c26-21(25-12-8-18(23-25)16-5-2-1-3-6-16)15-24-11-9-19-17(10-14-28-19)22(24)20-7-4-13-27-20/h1-7,10,13-14,22H,8-9,11-12,15H2/p+1/t22-/m1/s1. The number of benzene rings is 1. The van der Waals surface area contributed by atoms with Crippen molar-refractivity contribution in [3.8, 4) is 0 Å². The van der Waals surface area contributed by atoms with Gasteiger partial charge in [0.15, 0.2) is 6.54 Å². The van der Waals surface area contributed by atoms with Crippen LogP contribution in [0.4, 0.5) is 0 Å². The summed E-state index contributed by atoms with van der Waals surface area (Å²) in [5.41, 5.74) is 3.52. The van der Waals surface area contributed by atoms with Crippen LogP contribution in [0.15, 0.2) is 64.4 Å². The topological polar surface area (TPSA) is 37.1 Å². The summed E-state index contributed by atoms with van der Waals surface area (Å²) in [5.74, 6) is 0.126. The average Bonchev–Trinajstić information content (AvgIpc) is 3.49. The van der Waals surface area contributed by atoms with Gasteiger partial charge in [0, 0.05) is 23.3 Å². The lowest BCUT2D eigenvalue weighted by Crippen LogP contribution is -3.14. The highest BCUT2D eigenvalue weighted by molar-refractivity contribution is 7.10. The maximum Gasteiger partial charge on any atom is 0.297 e. The molecule has 0 saturated heterocycles. The molecule has 0 aliphatic carbocycles. The number of quaternary nitrogens is 1. The Morgan fingerprint density at radius 1 is 1.07 bits per heavy atom. The van der Waals surface area contributed by atoms with Crippen LogP contribution in [0, 0.1) is 0 Å². The summed E-state index contributed by atoms with van der Waals surface area (Å²) in [4.78, 5) is 17.2. The quantitative estimate of drug-likeness (QED) is 0.708. The summed E-state index contributed by atoms with van der Waals surface area (Å²) in [6, 6.07) is 17.0. The van der Waals surface area contributed by atoms with Crippen molar-refractivity contribution < 1.29 is 9.69 Å². The first-order valence-corrected chi connectivity index (χ1v) is 11.4. The molecule has 28 heavy (non-hydrogen) atoms. The molecule has 1 N–H and O–H groups in total. The van der Waals surface area contributed by atoms with E-state index in [1.54, 1.807) is 16.3 Å². The van der Waals surface area contributed by atoms with Crippen LogP contribution in [-0.4, -0.2) is 36.3 Å². The highest BCUT2D eigenvalue weighted by Crippen LogP contribution is 2.31. The first kappa shape index (κ1) is 17.8. The second-order valence-electron chi connectivity index (χ2n) is 7.26. The van der Waals surface area contributed by atoms with Crippen molar-refractivity contribution >= 4 is 34.3 Å². The number of hydrazone groups is 1. The van der Waals surface area contributed by atoms with E-state index in [9.17, 15) is 4.79 Å². The van der Waals surface area contributed by atoms with Crippen LogP contribution in [0.5, 0.6) is 0 Å². The van der Waals surface area contributed by atoms with Crippen LogP contribution in [0.2, 0.25) is 0 Å². The molecule has 1 aromatic carbocycles. The fraction of sp³-hybridized carbons (Fsp3) is 0.273. The summed E-state index contributed by atoms with van der Waals surface area (Å²) in [6.07, 6.45) is 1.88. The summed E-state index contributed by atoms with van der Waals surface area (Å²) in [5, 5.41) is 10.6. The Bertz CT molecular complexity index is 994. The third-order valence-corrected chi connectivity index (χ3v) is 7.51. The van der Waals surface area contributed by atoms with E-state index in [0.29, 0.717) is 13.1 Å². The molecule has 2 aromatic heterocycles. The molecule has 2 aliphatic heterocycles. The lowest BCUT2D eigenvalue weighted by atomic mass is 9.98. The summed E-state index contributed by atoms with van der Waals surface area (Å²) in [7, 11) is 0. The molecule has 0 bridgehead atoms. The molecular weight excluding hydrogens is 386 g/mol. The van der Waals surface area contributed by atoms with Gasteiger partial charge >= 0.3 is 0 Å². The minimum Gasteiger partial charge on any atom is -0.316 e. The minimum absolute atomic E-state index is 0.126. The maximum atomic E-state index is 13.1. The van der Waals surface area contributed by atoms with Crippen molar-refractivity contribution in [2.75, 3.05) is 19.6 Å². The van der Waals surface area contributed by atoms with Crippen molar-refractivity contribution in [3.63, 3.8) is 0 Å². The van der Waals surface area contributed by atoms with E-state index in [1.807, 2.05) is 29.5 Å². The SMILES string of the molecule is O=C(C[NH+]1CCc2sccc2[C@@H]1c1cccs1)N1CCC(c2ccccc2)=N1. The summed E-state index contributed by atoms with van der Waals surface area (Å²) >= 11 is 3.63. The molecule has 6 heteroatoms. The number of amides is 1. The number of carbonyl (C=O) groups excluding carboxylic acids is 1. The first-order valence-electron chi connectivity index (χ1n) is 9.67. The predicted molar refractivity (Wildman–Crippen MR) is 114 cm³/mol. The van der Waals surface area contributed by atoms with E-state index in [1.165, 1.54) is 20.2 Å². The Labute approximate surface area is 172 Å². The number of nitrogens with one attached hydrogen (secondary N) is 1. The zero-order valence-corrected chi connectivity index (χ0v) is 17.1. The smallest absolute Gasteiger partial charge is 0.297 e. The third-order valence-electron chi connectivity index (χ3n) is 5.58. The number of fused-ring (bicyclic) bond motifs is 1. The summed E-state index contributed by atoms with van der Waals surface area (Å²) < 4.78 is 0. The monoisotopic (exact) mass is 408 g/mol. The van der Waals surface area contributed by atoms with Gasteiger partial charge in [-0.05, 0) is 28.5 Å². The van der Waals surface area contributed by atoms with Crippen LogP contribution in [0.25, 0.3) is 0 Å². The van der Waals surface area contributed by atoms with E-state index in [-0.39, 0.29) is 11.9 Å². The van der Waals surface area contributed by atoms with E-state index in [4.69, 9.17) is 0 Å². The Morgan fingerprint density at radius 3 is 2.79 bits per heavy atom. The molecule has 3 aromatic rings. The molecule has 1 unspecified atom stereocenters. The highest BCUT2D eigenvalue weighted by Gasteiger charge is 2.36. The maximum absolute atomic E-state index is 13.1. The fourth-order valence-electron chi connectivity index (χ4n) is 4.21. The highest BCUT2D eigenvalue weighted by atomic mass is 32.1. The molecule has 2 aliphatic rings. The molecule has 0 saturated carbocycles. The Balaban J connectivity index is 1.35. The van der Waals surface area contributed by atoms with Gasteiger partial charge in [-0.1, -0.05) is 36.4 Å². The molecule has 0 fully saturated rings. The van der Waals surface area contributed by atoms with Gasteiger partial charge < -0.3 is 4.90 Å². The average molecular weight is 409 g/mol. The van der Waals surface area contributed by atoms with Crippen LogP contribution >= 0.6 is 22.7 Å². The van der Waals surface area contributed by atoms with Gasteiger partial charge in [-0.25, -0.2) is 5.01 Å². The second kappa shape index (κ2) is 7.62. The molecule has 4 nitrogen and oxygen atoms in total. The lowest BCUT2D eigenvalue weighted by Gasteiger charge is -2.32. The molecule has 0 spiro atoms. The molecule has 0 radical (unpaired) electrons. The van der Waals surface area contributed by atoms with Crippen molar-refractivity contribution in [2.45, 2.75) is 18.9 Å². The van der Waals surface area contributed by atoms with Gasteiger partial charge in [0.25, 0.3) is 5.91 Å². The van der Waals surface area contributed by atoms with Crippen LogP contribution in [-0.2, 0) is 11.2 Å². The molecule has 4 heterocycles. The Kier molecular flexibility index (Phi) is 4.84. The van der Waals surface area contributed by atoms with Gasteiger partial charge in [-0.3, -0.25) is 4.79 Å². The van der Waals surface area contributed by atoms with Crippen molar-refractivity contribution in [3.05, 3.63) is 80.2 Å². The van der Waals surface area contributed by atoms with Crippen molar-refractivity contribution in [1.29, 1.82) is 0 Å². The molecule has 142 valence electrons. The van der Waals surface area contributed by atoms with Crippen molar-refractivity contribution in [2.24, 2.45) is 5.10 Å². The van der Waals surface area contributed by atoms with Crippen molar-refractivity contribution in [1.82, 2.24) is 5.01 Å². The van der Waals surface area contributed by atoms with Crippen LogP contribution < -0.4 is 4.90 Å². The first-order chi connectivity index (χ1) is 13.8. The zero-order chi connectivity index (χ0) is 18.9. The van der Waals surface area contributed by atoms with Gasteiger partial charge in [-0.15, -0.1) is 22.7 Å². The molecular formula is C22H22N3OS2+. The van der Waals surface area contributed by atoms with Gasteiger partial charge in [0.05, 0.1) is 23.7 Å². The molecule has 5 rings (SSSR count). The zero-order valence-electron chi connectivity index (χ0n) is 15.5. The summed E-state index contributed by atoms with van der Waals surface area (Å²) in [6.45, 7) is 2.16. The van der Waals surface area contributed by atoms with Gasteiger partial charge in [0.1, 0.15) is 6.04 Å². The minimum atomic E-state index is 0.126. The third kappa shape index (κ3) is 3.32. The van der Waals surface area contributed by atoms with Gasteiger partial charge in [-0.2, -0.15) is 5.10 Å². The number of hydrogen-bond acceptors (Lipinski definition) is 4. The van der Waals surface area contributed by atoms with Gasteiger partial charge in [0.2, 0.25) is 0 Å². The number of hydrogen-bond donors (Lipinski definition) is 1. The Hall–Kier alpha value is -2.28. The van der Waals surface area contributed by atoms with E-state index in [0.717, 1.165) is 30.7 Å². The molecule has 1 amide bonds. The van der Waals surface area contributed by atoms with E-state index in [2.05, 4.69) is 46.2 Å². The van der Waals surface area contributed by atoms with E-state index >= 15 is 0 Å². The number of carbonyl (C=O) groups is 1. The second-order valence-corrected chi connectivity index (χ2v) is 9.24. The van der Waals surface area contributed by atoms with Crippen LogP contribution in [0.1, 0.15) is 33.3 Å². The van der Waals surface area contributed by atoms with Crippen LogP contribution in [0.3, 0.4) is 0 Å². The number of thiophene rings is 2.